The smallest absolute Gasteiger partial charge is 0.0641 e. The van der Waals surface area contributed by atoms with E-state index in [0.717, 1.165) is 55.6 Å². The number of fused-ring (bicyclic) bond motifs is 6. The minimum Gasteiger partial charge on any atom is -0.312 e. The van der Waals surface area contributed by atoms with Crippen molar-refractivity contribution in [2.75, 3.05) is 9.80 Å². The highest BCUT2D eigenvalue weighted by atomic mass is 15.2. The first-order chi connectivity index (χ1) is 35.1. The van der Waals surface area contributed by atoms with Gasteiger partial charge in [-0.3, -0.25) is 0 Å². The Morgan fingerprint density at radius 1 is 0.366 bits per heavy atom. The molecule has 0 amide bonds. The second-order valence-corrected chi connectivity index (χ2v) is 18.5. The summed E-state index contributed by atoms with van der Waals surface area (Å²) in [6, 6.07) is 87.7. The summed E-state index contributed by atoms with van der Waals surface area (Å²) in [4.78, 5) is 4.90. The Morgan fingerprint density at radius 2 is 0.775 bits per heavy atom. The van der Waals surface area contributed by atoms with E-state index >= 15 is 0 Å². The quantitative estimate of drug-likeness (QED) is 0.143. The van der Waals surface area contributed by atoms with Gasteiger partial charge in [-0.2, -0.15) is 0 Å². The van der Waals surface area contributed by atoms with Crippen LogP contribution in [0.3, 0.4) is 0 Å². The Kier molecular flexibility index (Phi) is 9.23. The van der Waals surface area contributed by atoms with Crippen LogP contribution in [0.5, 0.6) is 0 Å². The summed E-state index contributed by atoms with van der Waals surface area (Å²) in [5.41, 5.74) is 18.5. The van der Waals surface area contributed by atoms with Crippen molar-refractivity contribution in [1.29, 1.82) is 0 Å². The lowest BCUT2D eigenvalue weighted by atomic mass is 9.99. The number of hydrogen-bond acceptors (Lipinski definition) is 2. The molecule has 0 bridgehead atoms. The standard InChI is InChI=1S/C67H46N4/c1-44-50-39-41-61(69(48-27-11-5-12-28-48)57-35-19-15-31-51(57)46-23-7-3-8-24-46)64-55-34-18-22-38-60(55)71(66(50)64)63(44)43-56-45(2)68-59-37-21-17-33-54(59)65-62(42-40-53(56)67(65)68)70(49-29-13-6-14-30-49)58-36-20-16-32-52(58)47-25-9-4-10-26-47/h3-43H,1H2,2H3/b63-43+. The van der Waals surface area contributed by atoms with E-state index in [1.807, 2.05) is 0 Å². The molecular weight excluding hydrogens is 861 g/mol. The molecule has 0 radical (unpaired) electrons. The molecule has 71 heavy (non-hydrogen) atoms. The van der Waals surface area contributed by atoms with Gasteiger partial charge in [0.1, 0.15) is 0 Å². The normalized spacial score (nSPS) is 12.2. The summed E-state index contributed by atoms with van der Waals surface area (Å²) in [6.07, 6.45) is 2.42. The molecule has 0 N–H and O–H groups in total. The molecular formula is C67H46N4. The SMILES string of the molecule is C=c1/c(=C\c2c(C)n3c4ccccc4c4c(N(c5ccccc5)c5ccccc5-c5ccccc5)ccc2c43)n2c3ccccc3c3c(N(c4ccccc4)c4ccccc4-c4ccccc4)ccc1c32. The van der Waals surface area contributed by atoms with Crippen LogP contribution >= 0.6 is 0 Å². The van der Waals surface area contributed by atoms with Crippen LogP contribution in [0.15, 0.2) is 243 Å². The Bertz CT molecular complexity index is 4420. The van der Waals surface area contributed by atoms with E-state index in [0.29, 0.717) is 0 Å². The second-order valence-electron chi connectivity index (χ2n) is 18.5. The maximum absolute atomic E-state index is 4.90. The molecule has 4 heteroatoms. The average molecular weight is 907 g/mol. The molecule has 0 unspecified atom stereocenters. The topological polar surface area (TPSA) is 15.3 Å². The predicted molar refractivity (Wildman–Crippen MR) is 301 cm³/mol. The van der Waals surface area contributed by atoms with E-state index < -0.39 is 0 Å². The molecule has 4 heterocycles. The molecule has 334 valence electrons. The summed E-state index contributed by atoms with van der Waals surface area (Å²) in [7, 11) is 0. The molecule has 14 rings (SSSR count). The van der Waals surface area contributed by atoms with Gasteiger partial charge in [-0.05, 0) is 84.8 Å². The van der Waals surface area contributed by atoms with E-state index in [1.54, 1.807) is 0 Å². The second kappa shape index (κ2) is 16.1. The van der Waals surface area contributed by atoms with Gasteiger partial charge in [0.2, 0.25) is 0 Å². The Hall–Kier alpha value is -9.38. The van der Waals surface area contributed by atoms with Gasteiger partial charge in [0.05, 0.1) is 50.2 Å². The van der Waals surface area contributed by atoms with Gasteiger partial charge in [-0.1, -0.05) is 189 Å². The lowest BCUT2D eigenvalue weighted by molar-refractivity contribution is 1.17. The van der Waals surface area contributed by atoms with Gasteiger partial charge in [-0.15, -0.1) is 0 Å². The zero-order chi connectivity index (χ0) is 47.2. The summed E-state index contributed by atoms with van der Waals surface area (Å²) in [6.45, 7) is 7.18. The van der Waals surface area contributed by atoms with Gasteiger partial charge < -0.3 is 18.6 Å². The molecule has 0 aliphatic heterocycles. The van der Waals surface area contributed by atoms with E-state index in [9.17, 15) is 0 Å². The van der Waals surface area contributed by atoms with Gasteiger partial charge >= 0.3 is 0 Å². The highest BCUT2D eigenvalue weighted by Gasteiger charge is 2.28. The van der Waals surface area contributed by atoms with Crippen LogP contribution in [0.2, 0.25) is 0 Å². The summed E-state index contributed by atoms with van der Waals surface area (Å²) in [5.74, 6) is 0. The summed E-state index contributed by atoms with van der Waals surface area (Å²) < 4.78 is 4.98. The monoisotopic (exact) mass is 906 g/mol. The average Bonchev–Trinajstić information content (AvgIpc) is 4.14. The third-order valence-corrected chi connectivity index (χ3v) is 14.7. The number of aromatic nitrogens is 2. The Labute approximate surface area is 411 Å². The fourth-order valence-electron chi connectivity index (χ4n) is 11.7. The first-order valence-electron chi connectivity index (χ1n) is 24.4. The minimum absolute atomic E-state index is 1.01. The Balaban J connectivity index is 1.03. The molecule has 0 saturated carbocycles. The van der Waals surface area contributed by atoms with Crippen LogP contribution in [-0.2, 0) is 0 Å². The van der Waals surface area contributed by atoms with Crippen LogP contribution in [0, 0.1) is 6.92 Å². The number of anilines is 6. The van der Waals surface area contributed by atoms with E-state index in [1.165, 1.54) is 77.0 Å². The Morgan fingerprint density at radius 3 is 1.30 bits per heavy atom. The first kappa shape index (κ1) is 40.7. The zero-order valence-electron chi connectivity index (χ0n) is 39.2. The van der Waals surface area contributed by atoms with Crippen LogP contribution in [-0.4, -0.2) is 8.80 Å². The van der Waals surface area contributed by atoms with Crippen molar-refractivity contribution < 1.29 is 0 Å². The van der Waals surface area contributed by atoms with Crippen molar-refractivity contribution in [3.63, 3.8) is 0 Å². The van der Waals surface area contributed by atoms with Gasteiger partial charge in [0, 0.05) is 71.3 Å². The number of nitrogens with zero attached hydrogens (tertiary/aromatic N) is 4. The molecule has 14 aromatic rings. The van der Waals surface area contributed by atoms with E-state index in [2.05, 4.69) is 274 Å². The van der Waals surface area contributed by atoms with Crippen molar-refractivity contribution in [3.8, 4) is 22.3 Å². The van der Waals surface area contributed by atoms with Crippen LogP contribution in [0.25, 0.3) is 89.3 Å². The minimum atomic E-state index is 1.01. The summed E-state index contributed by atoms with van der Waals surface area (Å²) >= 11 is 0. The summed E-state index contributed by atoms with van der Waals surface area (Å²) in [5, 5.41) is 9.31. The third kappa shape index (κ3) is 6.11. The number of aryl methyl sites for hydroxylation is 1. The highest BCUT2D eigenvalue weighted by Crippen LogP contribution is 2.50. The van der Waals surface area contributed by atoms with Gasteiger partial charge in [-0.25, -0.2) is 0 Å². The maximum Gasteiger partial charge on any atom is 0.0641 e. The van der Waals surface area contributed by atoms with E-state index in [4.69, 9.17) is 6.58 Å². The molecule has 4 nitrogen and oxygen atoms in total. The number of hydrogen-bond donors (Lipinski definition) is 0. The fourth-order valence-corrected chi connectivity index (χ4v) is 11.7. The molecule has 0 fully saturated rings. The van der Waals surface area contributed by atoms with Gasteiger partial charge in [0.15, 0.2) is 0 Å². The largest absolute Gasteiger partial charge is 0.312 e. The molecule has 0 atom stereocenters. The molecule has 10 aromatic carbocycles. The number of para-hydroxylation sites is 6. The first-order valence-corrected chi connectivity index (χ1v) is 24.4. The van der Waals surface area contributed by atoms with Crippen molar-refractivity contribution in [2.45, 2.75) is 6.92 Å². The third-order valence-electron chi connectivity index (χ3n) is 14.7. The maximum atomic E-state index is 4.90. The van der Waals surface area contributed by atoms with Crippen LogP contribution in [0.1, 0.15) is 11.3 Å². The molecule has 0 saturated heterocycles. The molecule has 4 aromatic heterocycles. The van der Waals surface area contributed by atoms with Crippen molar-refractivity contribution in [1.82, 2.24) is 8.80 Å². The highest BCUT2D eigenvalue weighted by molar-refractivity contribution is 6.24. The molecule has 0 aliphatic rings. The van der Waals surface area contributed by atoms with Crippen LogP contribution in [0.4, 0.5) is 34.1 Å². The van der Waals surface area contributed by atoms with Crippen molar-refractivity contribution >= 4 is 101 Å². The van der Waals surface area contributed by atoms with E-state index in [-0.39, 0.29) is 0 Å². The lowest BCUT2D eigenvalue weighted by Gasteiger charge is -2.28. The van der Waals surface area contributed by atoms with Crippen LogP contribution < -0.4 is 20.4 Å². The molecule has 0 spiro atoms. The van der Waals surface area contributed by atoms with Crippen molar-refractivity contribution in [3.05, 3.63) is 264 Å². The predicted octanol–water partition coefficient (Wildman–Crippen LogP) is 16.5. The zero-order valence-corrected chi connectivity index (χ0v) is 39.2. The number of benzene rings is 10. The number of rotatable bonds is 9. The fraction of sp³-hybridized carbons (Fsp3) is 0.0149. The lowest BCUT2D eigenvalue weighted by Crippen LogP contribution is -2.24. The van der Waals surface area contributed by atoms with Crippen molar-refractivity contribution in [2.24, 2.45) is 0 Å². The van der Waals surface area contributed by atoms with Gasteiger partial charge in [0.25, 0.3) is 0 Å². The molecule has 0 aliphatic carbocycles.